The minimum Gasteiger partial charge on any atom is -0.481 e. The molecule has 6 N–H and O–H groups in total. The van der Waals surface area contributed by atoms with Crippen molar-refractivity contribution in [3.63, 3.8) is 0 Å². The van der Waals surface area contributed by atoms with Gasteiger partial charge in [-0.2, -0.15) is 0 Å². The van der Waals surface area contributed by atoms with Crippen LogP contribution in [0.25, 0.3) is 0 Å². The Bertz CT molecular complexity index is 2340. The molecule has 0 radical (unpaired) electrons. The Balaban J connectivity index is 1.14. The van der Waals surface area contributed by atoms with E-state index in [2.05, 4.69) is 0 Å². The Kier molecular flexibility index (Phi) is 14.3. The first kappa shape index (κ1) is 42.9. The van der Waals surface area contributed by atoms with Gasteiger partial charge in [-0.3, -0.25) is 9.97 Å². The Labute approximate surface area is 357 Å². The van der Waals surface area contributed by atoms with Crippen LogP contribution in [0.3, 0.4) is 0 Å². The number of anilines is 1. The molecule has 314 valence electrons. The molecule has 3 atom stereocenters. The molecule has 1 fully saturated rings. The molecule has 7 rings (SSSR count). The first-order chi connectivity index (χ1) is 29.6. The van der Waals surface area contributed by atoms with Crippen molar-refractivity contribution in [2.75, 3.05) is 12.1 Å². The molecule has 11 nitrogen and oxygen atoms in total. The average Bonchev–Trinajstić information content (AvgIpc) is 3.36. The lowest BCUT2D eigenvalue weighted by Gasteiger charge is -2.36. The van der Waals surface area contributed by atoms with Crippen LogP contribution in [0.2, 0.25) is 0 Å². The molecule has 0 aromatic heterocycles. The fourth-order valence-electron chi connectivity index (χ4n) is 7.58. The molecule has 1 aliphatic heterocycles. The van der Waals surface area contributed by atoms with Crippen molar-refractivity contribution in [2.45, 2.75) is 63.8 Å². The third-order valence-electron chi connectivity index (χ3n) is 10.9. The van der Waals surface area contributed by atoms with E-state index in [1.807, 2.05) is 144 Å². The van der Waals surface area contributed by atoms with E-state index < -0.39 is 19.7 Å². The van der Waals surface area contributed by atoms with Crippen LogP contribution in [-0.4, -0.2) is 51.3 Å². The summed E-state index contributed by atoms with van der Waals surface area (Å²) in [7, 11) is -3.73. The van der Waals surface area contributed by atoms with E-state index in [0.29, 0.717) is 36.3 Å². The van der Waals surface area contributed by atoms with Gasteiger partial charge in [0.05, 0.1) is 25.4 Å². The van der Waals surface area contributed by atoms with E-state index in [4.69, 9.17) is 30.7 Å². The predicted molar refractivity (Wildman–Crippen MR) is 239 cm³/mol. The second kappa shape index (κ2) is 20.4. The molecule has 0 saturated carbocycles. The van der Waals surface area contributed by atoms with E-state index >= 15 is 4.79 Å². The van der Waals surface area contributed by atoms with E-state index in [0.717, 1.165) is 33.4 Å². The lowest BCUT2D eigenvalue weighted by Crippen LogP contribution is -2.50. The first-order valence-corrected chi connectivity index (χ1v) is 22.1. The van der Waals surface area contributed by atoms with Crippen LogP contribution < -0.4 is 16.2 Å². The standard InChI is InChI=1S/C49H52N5O6P/c50-45-26-23-41(28-44(45)48(51)52)32-53-42(27-36-13-5-1-6-14-36)30-47(55)46(29-37-15-7-2-8-16-37)54(49(53)56)31-38-21-24-43(25-22-38)58-35-61(57,59-33-39-17-9-3-10-18-39)60-34-40-19-11-4-12-20-40/h1-26,28,42,46-47,55H,27,29-35,50H2,(H3,51,52)/t42-,46?,47-/m1/s1. The number of ether oxygens (including phenoxy) is 1. The van der Waals surface area contributed by atoms with Crippen molar-refractivity contribution < 1.29 is 28.3 Å². The number of nitrogen functional groups attached to an aromatic ring is 2. The zero-order valence-corrected chi connectivity index (χ0v) is 34.9. The maximum absolute atomic E-state index is 15.2. The zero-order valence-electron chi connectivity index (χ0n) is 34.0. The molecule has 6 aromatic carbocycles. The lowest BCUT2D eigenvalue weighted by molar-refractivity contribution is 0.0661. The van der Waals surface area contributed by atoms with Crippen molar-refractivity contribution in [3.05, 3.63) is 203 Å². The van der Waals surface area contributed by atoms with Gasteiger partial charge in [0.15, 0.2) is 6.35 Å². The topological polar surface area (TPSA) is 164 Å². The molecule has 0 spiro atoms. The SMILES string of the molecule is N=C(N)c1cc(CN2C(=O)N(Cc3ccc(OCP(=O)(OCc4ccccc4)OCc4ccccc4)cc3)C(Cc3ccccc3)[C@H](O)C[C@H]2Cc2ccccc2)ccc1N. The van der Waals surface area contributed by atoms with Crippen LogP contribution in [0.4, 0.5) is 10.5 Å². The third kappa shape index (κ3) is 11.7. The predicted octanol–water partition coefficient (Wildman–Crippen LogP) is 8.93. The number of benzene rings is 6. The Morgan fingerprint density at radius 3 is 1.69 bits per heavy atom. The summed E-state index contributed by atoms with van der Waals surface area (Å²) in [5, 5.41) is 20.2. The molecule has 0 bridgehead atoms. The number of carbonyl (C=O) groups is 1. The number of nitrogens with one attached hydrogen (secondary N) is 1. The molecular formula is C49H52N5O6P. The fraction of sp³-hybridized carbons (Fsp3) is 0.224. The van der Waals surface area contributed by atoms with Crippen LogP contribution >= 0.6 is 7.60 Å². The molecular weight excluding hydrogens is 786 g/mol. The summed E-state index contributed by atoms with van der Waals surface area (Å²) in [4.78, 5) is 18.8. The van der Waals surface area contributed by atoms with Crippen molar-refractivity contribution in [2.24, 2.45) is 5.73 Å². The minimum atomic E-state index is -3.73. The molecule has 61 heavy (non-hydrogen) atoms. The zero-order chi connectivity index (χ0) is 42.6. The monoisotopic (exact) mass is 837 g/mol. The second-order valence-corrected chi connectivity index (χ2v) is 17.3. The largest absolute Gasteiger partial charge is 0.481 e. The van der Waals surface area contributed by atoms with Gasteiger partial charge in [-0.1, -0.05) is 140 Å². The summed E-state index contributed by atoms with van der Waals surface area (Å²) < 4.78 is 31.9. The van der Waals surface area contributed by atoms with Gasteiger partial charge in [0.2, 0.25) is 0 Å². The highest BCUT2D eigenvalue weighted by Gasteiger charge is 2.41. The molecule has 6 aromatic rings. The van der Waals surface area contributed by atoms with Gasteiger partial charge >= 0.3 is 13.6 Å². The first-order valence-electron chi connectivity index (χ1n) is 20.4. The van der Waals surface area contributed by atoms with Crippen LogP contribution in [-0.2, 0) is 52.8 Å². The molecule has 1 saturated heterocycles. The summed E-state index contributed by atoms with van der Waals surface area (Å²) in [5.41, 5.74) is 18.2. The molecule has 2 amide bonds. The van der Waals surface area contributed by atoms with Gasteiger partial charge in [-0.25, -0.2) is 4.79 Å². The molecule has 0 aliphatic carbocycles. The maximum Gasteiger partial charge on any atom is 0.368 e. The third-order valence-corrected chi connectivity index (χ3v) is 12.4. The summed E-state index contributed by atoms with van der Waals surface area (Å²) in [5.74, 6) is 0.296. The second-order valence-electron chi connectivity index (χ2n) is 15.3. The van der Waals surface area contributed by atoms with E-state index in [-0.39, 0.29) is 50.6 Å². The Morgan fingerprint density at radius 2 is 1.15 bits per heavy atom. The fourth-order valence-corrected chi connectivity index (χ4v) is 8.80. The van der Waals surface area contributed by atoms with Crippen molar-refractivity contribution in [3.8, 4) is 5.75 Å². The van der Waals surface area contributed by atoms with Crippen molar-refractivity contribution in [1.82, 2.24) is 9.80 Å². The Morgan fingerprint density at radius 1 is 0.656 bits per heavy atom. The number of rotatable bonds is 18. The summed E-state index contributed by atoms with van der Waals surface area (Å²) in [6.07, 6.45) is 0.151. The van der Waals surface area contributed by atoms with Gasteiger partial charge < -0.3 is 40.2 Å². The van der Waals surface area contributed by atoms with Crippen LogP contribution in [0.15, 0.2) is 164 Å². The Hall–Kier alpha value is -6.23. The summed E-state index contributed by atoms with van der Waals surface area (Å²) >= 11 is 0. The number of hydrogen-bond donors (Lipinski definition) is 4. The van der Waals surface area contributed by atoms with Gasteiger partial charge in [0.1, 0.15) is 11.6 Å². The molecule has 1 unspecified atom stereocenters. The molecule has 1 heterocycles. The quantitative estimate of drug-likeness (QED) is 0.0289. The number of urea groups is 1. The van der Waals surface area contributed by atoms with E-state index in [9.17, 15) is 9.67 Å². The van der Waals surface area contributed by atoms with Crippen molar-refractivity contribution in [1.29, 1.82) is 5.41 Å². The van der Waals surface area contributed by atoms with Gasteiger partial charge in [-0.05, 0) is 76.9 Å². The molecule has 1 aliphatic rings. The minimum absolute atomic E-state index is 0.0918. The smallest absolute Gasteiger partial charge is 0.368 e. The summed E-state index contributed by atoms with van der Waals surface area (Å²) in [6.45, 7) is 0.592. The van der Waals surface area contributed by atoms with E-state index in [1.165, 1.54) is 0 Å². The highest BCUT2D eigenvalue weighted by molar-refractivity contribution is 7.53. The average molecular weight is 838 g/mol. The van der Waals surface area contributed by atoms with E-state index in [1.54, 1.807) is 29.2 Å². The van der Waals surface area contributed by atoms with Gasteiger partial charge in [0.25, 0.3) is 0 Å². The van der Waals surface area contributed by atoms with Gasteiger partial charge in [0, 0.05) is 30.4 Å². The van der Waals surface area contributed by atoms with Crippen LogP contribution in [0.1, 0.15) is 45.4 Å². The molecule has 12 heteroatoms. The normalized spacial score (nSPS) is 16.9. The number of aliphatic hydroxyl groups excluding tert-OH is 1. The van der Waals surface area contributed by atoms with Crippen molar-refractivity contribution >= 4 is 25.1 Å². The number of aliphatic hydroxyl groups is 1. The lowest BCUT2D eigenvalue weighted by atomic mass is 9.93. The number of nitrogens with two attached hydrogens (primary N) is 2. The number of hydrogen-bond acceptors (Lipinski definition) is 8. The number of amidine groups is 1. The highest BCUT2D eigenvalue weighted by Crippen LogP contribution is 2.50. The summed E-state index contributed by atoms with van der Waals surface area (Å²) in [6, 6.07) is 50.2. The van der Waals surface area contributed by atoms with Crippen LogP contribution in [0, 0.1) is 5.41 Å². The van der Waals surface area contributed by atoms with Gasteiger partial charge in [-0.15, -0.1) is 0 Å². The maximum atomic E-state index is 15.2. The number of nitrogens with zero attached hydrogens (tertiary/aromatic N) is 2. The highest BCUT2D eigenvalue weighted by atomic mass is 31.2. The van der Waals surface area contributed by atoms with Crippen LogP contribution in [0.5, 0.6) is 5.75 Å². The number of carbonyl (C=O) groups excluding carboxylic acids is 1. The number of amides is 2.